The fraction of sp³-hybridized carbons (Fsp3) is 0.300. The van der Waals surface area contributed by atoms with Crippen LogP contribution in [0, 0.1) is 0 Å². The van der Waals surface area contributed by atoms with Gasteiger partial charge < -0.3 is 10.7 Å². The molecule has 0 bridgehead atoms. The first-order valence-corrected chi connectivity index (χ1v) is 8.71. The van der Waals surface area contributed by atoms with Crippen molar-refractivity contribution in [3.05, 3.63) is 59.2 Å². The second kappa shape index (κ2) is 7.50. The molecule has 0 amide bonds. The summed E-state index contributed by atoms with van der Waals surface area (Å²) in [5.74, 6) is 0. The smallest absolute Gasteiger partial charge is 0.354 e. The van der Waals surface area contributed by atoms with Crippen LogP contribution in [0.5, 0.6) is 0 Å². The van der Waals surface area contributed by atoms with E-state index in [9.17, 15) is 26.3 Å². The van der Waals surface area contributed by atoms with Crippen LogP contribution in [0.2, 0.25) is 0 Å². The van der Waals surface area contributed by atoms with Gasteiger partial charge in [-0.05, 0) is 49.1 Å². The summed E-state index contributed by atoms with van der Waals surface area (Å²) in [6.07, 6.45) is -8.40. The van der Waals surface area contributed by atoms with E-state index in [4.69, 9.17) is 5.73 Å². The topological polar surface area (TPSA) is 41.8 Å². The fourth-order valence-electron chi connectivity index (χ4n) is 3.34. The molecule has 0 aliphatic carbocycles. The summed E-state index contributed by atoms with van der Waals surface area (Å²) in [4.78, 5) is 2.80. The van der Waals surface area contributed by atoms with E-state index >= 15 is 0 Å². The Balaban J connectivity index is 2.33. The van der Waals surface area contributed by atoms with Crippen LogP contribution < -0.4 is 5.73 Å². The van der Waals surface area contributed by atoms with Crippen LogP contribution in [0.1, 0.15) is 29.5 Å². The van der Waals surface area contributed by atoms with Crippen LogP contribution in [0.4, 0.5) is 26.3 Å². The van der Waals surface area contributed by atoms with Gasteiger partial charge >= 0.3 is 12.4 Å². The largest absolute Gasteiger partial charge is 0.417 e. The summed E-state index contributed by atoms with van der Waals surface area (Å²) in [6, 6.07) is 9.53. The Labute approximate surface area is 157 Å². The predicted molar refractivity (Wildman–Crippen MR) is 95.7 cm³/mol. The van der Waals surface area contributed by atoms with Gasteiger partial charge in [-0.2, -0.15) is 26.3 Å². The van der Waals surface area contributed by atoms with Gasteiger partial charge in [0.15, 0.2) is 0 Å². The zero-order valence-corrected chi connectivity index (χ0v) is 14.7. The number of hydrogen-bond donors (Lipinski definition) is 2. The Bertz CT molecular complexity index is 955. The SMILES string of the molecule is NCCCCc1c(-c2ccccc2)[nH]c2cc(C(F)(F)F)cc(C(F)(F)F)c12. The number of aryl methyl sites for hydroxylation is 1. The van der Waals surface area contributed by atoms with Gasteiger partial charge in [0.25, 0.3) is 0 Å². The zero-order chi connectivity index (χ0) is 20.5. The molecule has 3 N–H and O–H groups in total. The van der Waals surface area contributed by atoms with E-state index in [1.165, 1.54) is 0 Å². The van der Waals surface area contributed by atoms with E-state index in [1.54, 1.807) is 30.3 Å². The minimum Gasteiger partial charge on any atom is -0.354 e. The number of alkyl halides is 6. The molecule has 0 spiro atoms. The second-order valence-electron chi connectivity index (χ2n) is 6.53. The minimum atomic E-state index is -4.92. The van der Waals surface area contributed by atoms with Gasteiger partial charge in [-0.1, -0.05) is 30.3 Å². The molecule has 150 valence electrons. The lowest BCUT2D eigenvalue weighted by Crippen LogP contribution is -2.11. The number of H-pyrrole nitrogens is 1. The second-order valence-corrected chi connectivity index (χ2v) is 6.53. The Hall–Kier alpha value is -2.48. The van der Waals surface area contributed by atoms with Crippen LogP contribution in [-0.2, 0) is 18.8 Å². The summed E-state index contributed by atoms with van der Waals surface area (Å²) in [5, 5.41) is -0.212. The lowest BCUT2D eigenvalue weighted by Gasteiger charge is -2.14. The normalized spacial score (nSPS) is 12.7. The molecule has 28 heavy (non-hydrogen) atoms. The molecule has 1 heterocycles. The van der Waals surface area contributed by atoms with Gasteiger partial charge in [0.1, 0.15) is 0 Å². The molecule has 0 aliphatic rings. The van der Waals surface area contributed by atoms with Gasteiger partial charge in [-0.25, -0.2) is 0 Å². The predicted octanol–water partition coefficient (Wildman–Crippen LogP) is 6.15. The summed E-state index contributed by atoms with van der Waals surface area (Å²) < 4.78 is 80.5. The van der Waals surface area contributed by atoms with Gasteiger partial charge in [-0.3, -0.25) is 0 Å². The molecular formula is C20H18F6N2. The third-order valence-corrected chi connectivity index (χ3v) is 4.58. The molecule has 8 heteroatoms. The molecule has 0 fully saturated rings. The van der Waals surface area contributed by atoms with Crippen molar-refractivity contribution in [3.8, 4) is 11.3 Å². The number of rotatable bonds is 5. The number of halogens is 6. The van der Waals surface area contributed by atoms with Crippen molar-refractivity contribution in [2.24, 2.45) is 5.73 Å². The Morgan fingerprint density at radius 1 is 0.857 bits per heavy atom. The summed E-state index contributed by atoms with van der Waals surface area (Å²) in [5.41, 5.74) is 4.07. The van der Waals surface area contributed by atoms with Crippen molar-refractivity contribution in [1.29, 1.82) is 0 Å². The van der Waals surface area contributed by atoms with Crippen molar-refractivity contribution >= 4 is 10.9 Å². The third kappa shape index (κ3) is 4.01. The van der Waals surface area contributed by atoms with Gasteiger partial charge in [0.2, 0.25) is 0 Å². The van der Waals surface area contributed by atoms with Crippen molar-refractivity contribution < 1.29 is 26.3 Å². The van der Waals surface area contributed by atoms with Crippen molar-refractivity contribution in [3.63, 3.8) is 0 Å². The number of fused-ring (bicyclic) bond motifs is 1. The lowest BCUT2D eigenvalue weighted by atomic mass is 9.96. The van der Waals surface area contributed by atoms with Crippen LogP contribution in [0.3, 0.4) is 0 Å². The van der Waals surface area contributed by atoms with E-state index in [1.807, 2.05) is 0 Å². The summed E-state index contributed by atoms with van der Waals surface area (Å²) >= 11 is 0. The molecule has 2 aromatic carbocycles. The molecule has 3 aromatic rings. The quantitative estimate of drug-likeness (QED) is 0.391. The maximum atomic E-state index is 13.7. The van der Waals surface area contributed by atoms with Crippen molar-refractivity contribution in [1.82, 2.24) is 4.98 Å². The van der Waals surface area contributed by atoms with Crippen LogP contribution in [0.25, 0.3) is 22.2 Å². The first kappa shape index (κ1) is 20.3. The number of aromatic amines is 1. The fourth-order valence-corrected chi connectivity index (χ4v) is 3.34. The molecule has 0 radical (unpaired) electrons. The van der Waals surface area contributed by atoms with E-state index < -0.39 is 23.5 Å². The van der Waals surface area contributed by atoms with E-state index in [0.29, 0.717) is 36.2 Å². The highest BCUT2D eigenvalue weighted by Gasteiger charge is 2.39. The average Bonchev–Trinajstić information content (AvgIpc) is 2.99. The maximum Gasteiger partial charge on any atom is 0.417 e. The molecule has 0 atom stereocenters. The zero-order valence-electron chi connectivity index (χ0n) is 14.7. The molecule has 0 saturated heterocycles. The van der Waals surface area contributed by atoms with E-state index in [2.05, 4.69) is 4.98 Å². The average molecular weight is 400 g/mol. The molecular weight excluding hydrogens is 382 g/mol. The number of nitrogens with two attached hydrogens (primary N) is 1. The highest BCUT2D eigenvalue weighted by Crippen LogP contribution is 2.43. The number of benzene rings is 2. The Morgan fingerprint density at radius 3 is 2.11 bits per heavy atom. The highest BCUT2D eigenvalue weighted by molar-refractivity contribution is 5.94. The van der Waals surface area contributed by atoms with E-state index in [-0.39, 0.29) is 23.4 Å². The number of aromatic nitrogens is 1. The van der Waals surface area contributed by atoms with E-state index in [0.717, 1.165) is 6.07 Å². The molecule has 3 rings (SSSR count). The summed E-state index contributed by atoms with van der Waals surface area (Å²) in [7, 11) is 0. The lowest BCUT2D eigenvalue weighted by molar-refractivity contribution is -0.142. The molecule has 0 unspecified atom stereocenters. The Kier molecular flexibility index (Phi) is 5.43. The van der Waals surface area contributed by atoms with Crippen molar-refractivity contribution in [2.75, 3.05) is 6.54 Å². The van der Waals surface area contributed by atoms with Crippen LogP contribution in [-0.4, -0.2) is 11.5 Å². The number of unbranched alkanes of at least 4 members (excludes halogenated alkanes) is 1. The maximum absolute atomic E-state index is 13.7. The monoisotopic (exact) mass is 400 g/mol. The number of nitrogens with one attached hydrogen (secondary N) is 1. The van der Waals surface area contributed by atoms with Crippen LogP contribution >= 0.6 is 0 Å². The third-order valence-electron chi connectivity index (χ3n) is 4.58. The number of hydrogen-bond acceptors (Lipinski definition) is 1. The van der Waals surface area contributed by atoms with Crippen molar-refractivity contribution in [2.45, 2.75) is 31.6 Å². The first-order valence-electron chi connectivity index (χ1n) is 8.71. The minimum absolute atomic E-state index is 0.177. The highest BCUT2D eigenvalue weighted by atomic mass is 19.4. The molecule has 1 aromatic heterocycles. The molecule has 2 nitrogen and oxygen atoms in total. The van der Waals surface area contributed by atoms with Crippen LogP contribution in [0.15, 0.2) is 42.5 Å². The standard InChI is InChI=1S/C20H18F6N2/c21-19(22,23)13-10-15(20(24,25)26)17-14(8-4-5-9-27)18(28-16(17)11-13)12-6-2-1-3-7-12/h1-3,6-7,10-11,28H,4-5,8-9,27H2. The summed E-state index contributed by atoms with van der Waals surface area (Å²) in [6.45, 7) is 0.382. The Morgan fingerprint density at radius 2 is 1.54 bits per heavy atom. The van der Waals surface area contributed by atoms with Gasteiger partial charge in [0.05, 0.1) is 11.1 Å². The van der Waals surface area contributed by atoms with Gasteiger partial charge in [0, 0.05) is 16.6 Å². The molecule has 0 aliphatic heterocycles. The molecule has 0 saturated carbocycles. The van der Waals surface area contributed by atoms with Gasteiger partial charge in [-0.15, -0.1) is 0 Å². The first-order chi connectivity index (χ1) is 13.1.